The number of nitrogens with zero attached hydrogens (tertiary/aromatic N) is 1. The molecule has 5 heteroatoms. The van der Waals surface area contributed by atoms with Crippen molar-refractivity contribution in [3.63, 3.8) is 0 Å². The van der Waals surface area contributed by atoms with E-state index in [0.29, 0.717) is 19.1 Å². The molecule has 0 spiro atoms. The second-order valence-corrected chi connectivity index (χ2v) is 4.59. The Morgan fingerprint density at radius 3 is 2.75 bits per heavy atom. The van der Waals surface area contributed by atoms with Gasteiger partial charge < -0.3 is 20.1 Å². The fourth-order valence-electron chi connectivity index (χ4n) is 1.61. The molecule has 1 fully saturated rings. The van der Waals surface area contributed by atoms with Crippen molar-refractivity contribution >= 4 is 6.03 Å². The molecule has 2 amide bonds. The van der Waals surface area contributed by atoms with Crippen LogP contribution >= 0.6 is 0 Å². The summed E-state index contributed by atoms with van der Waals surface area (Å²) in [6, 6.07) is -0.178. The van der Waals surface area contributed by atoms with Gasteiger partial charge in [-0.1, -0.05) is 0 Å². The summed E-state index contributed by atoms with van der Waals surface area (Å²) in [5, 5.41) is 12.5. The zero-order chi connectivity index (χ0) is 12.1. The zero-order valence-corrected chi connectivity index (χ0v) is 10.3. The van der Waals surface area contributed by atoms with Crippen LogP contribution < -0.4 is 5.32 Å². The lowest BCUT2D eigenvalue weighted by Gasteiger charge is -2.23. The van der Waals surface area contributed by atoms with E-state index in [1.54, 1.807) is 14.2 Å². The number of carbonyl (C=O) groups is 1. The van der Waals surface area contributed by atoms with Crippen molar-refractivity contribution in [3.05, 3.63) is 0 Å². The maximum absolute atomic E-state index is 11.7. The van der Waals surface area contributed by atoms with E-state index in [0.717, 1.165) is 12.8 Å². The van der Waals surface area contributed by atoms with Crippen LogP contribution in [0.5, 0.6) is 0 Å². The minimum atomic E-state index is -0.381. The average Bonchev–Trinajstić information content (AvgIpc) is 3.00. The quantitative estimate of drug-likeness (QED) is 0.695. The number of amides is 2. The Hall–Kier alpha value is -0.810. The Morgan fingerprint density at radius 2 is 2.25 bits per heavy atom. The van der Waals surface area contributed by atoms with E-state index in [-0.39, 0.29) is 18.2 Å². The SMILES string of the molecule is COC[C@@H](C)NC(=O)N(C)C[C@@H](O)C1CC1. The van der Waals surface area contributed by atoms with Crippen LogP contribution in [0.15, 0.2) is 0 Å². The van der Waals surface area contributed by atoms with Crippen LogP contribution in [0.4, 0.5) is 4.79 Å². The second-order valence-electron chi connectivity index (χ2n) is 4.59. The summed E-state index contributed by atoms with van der Waals surface area (Å²) in [5.74, 6) is 0.395. The summed E-state index contributed by atoms with van der Waals surface area (Å²) in [5.41, 5.74) is 0. The Balaban J connectivity index is 2.23. The second kappa shape index (κ2) is 6.06. The van der Waals surface area contributed by atoms with Crippen LogP contribution in [0.1, 0.15) is 19.8 Å². The van der Waals surface area contributed by atoms with Crippen LogP contribution in [0.3, 0.4) is 0 Å². The van der Waals surface area contributed by atoms with Crippen LogP contribution in [-0.4, -0.2) is 55.5 Å². The molecule has 0 unspecified atom stereocenters. The highest BCUT2D eigenvalue weighted by atomic mass is 16.5. The number of carbonyl (C=O) groups excluding carboxylic acids is 1. The maximum Gasteiger partial charge on any atom is 0.317 e. The van der Waals surface area contributed by atoms with Crippen molar-refractivity contribution in [2.45, 2.75) is 31.9 Å². The minimum Gasteiger partial charge on any atom is -0.391 e. The Bertz CT molecular complexity index is 231. The summed E-state index contributed by atoms with van der Waals surface area (Å²) in [6.07, 6.45) is 1.78. The van der Waals surface area contributed by atoms with Crippen molar-refractivity contribution in [3.8, 4) is 0 Å². The predicted octanol–water partition coefficient (Wildman–Crippen LogP) is 0.434. The minimum absolute atomic E-state index is 0.0157. The number of aliphatic hydroxyl groups is 1. The summed E-state index contributed by atoms with van der Waals surface area (Å²) in [6.45, 7) is 2.77. The van der Waals surface area contributed by atoms with E-state index < -0.39 is 0 Å². The van der Waals surface area contributed by atoms with Gasteiger partial charge in [-0.25, -0.2) is 4.79 Å². The van der Waals surface area contributed by atoms with Crippen molar-refractivity contribution in [2.75, 3.05) is 27.3 Å². The van der Waals surface area contributed by atoms with Gasteiger partial charge in [-0.15, -0.1) is 0 Å². The lowest BCUT2D eigenvalue weighted by molar-refractivity contribution is 0.110. The first-order valence-electron chi connectivity index (χ1n) is 5.73. The number of hydrogen-bond acceptors (Lipinski definition) is 3. The van der Waals surface area contributed by atoms with E-state index in [9.17, 15) is 9.90 Å². The molecule has 0 radical (unpaired) electrons. The van der Waals surface area contributed by atoms with Gasteiger partial charge in [0.25, 0.3) is 0 Å². The molecule has 16 heavy (non-hydrogen) atoms. The zero-order valence-electron chi connectivity index (χ0n) is 10.3. The van der Waals surface area contributed by atoms with E-state index >= 15 is 0 Å². The van der Waals surface area contributed by atoms with Gasteiger partial charge in [0.1, 0.15) is 0 Å². The third kappa shape index (κ3) is 4.37. The van der Waals surface area contributed by atoms with Crippen molar-refractivity contribution < 1.29 is 14.6 Å². The largest absolute Gasteiger partial charge is 0.391 e. The predicted molar refractivity (Wildman–Crippen MR) is 61.2 cm³/mol. The van der Waals surface area contributed by atoms with Gasteiger partial charge in [-0.3, -0.25) is 0 Å². The van der Waals surface area contributed by atoms with E-state index in [2.05, 4.69) is 5.32 Å². The molecule has 2 N–H and O–H groups in total. The number of aliphatic hydroxyl groups excluding tert-OH is 1. The molecule has 1 saturated carbocycles. The lowest BCUT2D eigenvalue weighted by Crippen LogP contribution is -2.46. The van der Waals surface area contributed by atoms with Crippen LogP contribution in [-0.2, 0) is 4.74 Å². The van der Waals surface area contributed by atoms with E-state index in [1.807, 2.05) is 6.92 Å². The topological polar surface area (TPSA) is 61.8 Å². The molecule has 1 aliphatic carbocycles. The molecule has 1 rings (SSSR count). The van der Waals surface area contributed by atoms with Crippen LogP contribution in [0.25, 0.3) is 0 Å². The molecule has 0 aliphatic heterocycles. The normalized spacial score (nSPS) is 19.0. The first-order valence-corrected chi connectivity index (χ1v) is 5.73. The number of ether oxygens (including phenoxy) is 1. The molecular formula is C11H22N2O3. The fourth-order valence-corrected chi connectivity index (χ4v) is 1.61. The third-order valence-corrected chi connectivity index (χ3v) is 2.76. The first-order chi connectivity index (χ1) is 7.54. The standard InChI is InChI=1S/C11H22N2O3/c1-8(7-16-3)12-11(15)13(2)6-10(14)9-4-5-9/h8-10,14H,4-7H2,1-3H3,(H,12,15)/t8-,10-/m1/s1. The van der Waals surface area contributed by atoms with Gasteiger partial charge in [0.2, 0.25) is 0 Å². The van der Waals surface area contributed by atoms with Crippen molar-refractivity contribution in [2.24, 2.45) is 5.92 Å². The number of urea groups is 1. The molecule has 0 heterocycles. The average molecular weight is 230 g/mol. The van der Waals surface area contributed by atoms with Crippen molar-refractivity contribution in [1.29, 1.82) is 0 Å². The number of nitrogens with one attached hydrogen (secondary N) is 1. The molecule has 0 bridgehead atoms. The third-order valence-electron chi connectivity index (χ3n) is 2.76. The molecule has 94 valence electrons. The molecule has 0 aromatic carbocycles. The summed E-state index contributed by atoms with van der Waals surface area (Å²) < 4.78 is 4.93. The van der Waals surface area contributed by atoms with Gasteiger partial charge >= 0.3 is 6.03 Å². The first kappa shape index (κ1) is 13.3. The number of likely N-dealkylation sites (N-methyl/N-ethyl adjacent to an activating group) is 1. The Kier molecular flexibility index (Phi) is 5.02. The fraction of sp³-hybridized carbons (Fsp3) is 0.909. The molecule has 0 aromatic heterocycles. The molecule has 2 atom stereocenters. The number of methoxy groups -OCH3 is 1. The molecular weight excluding hydrogens is 208 g/mol. The highest BCUT2D eigenvalue weighted by Gasteiger charge is 2.31. The van der Waals surface area contributed by atoms with Gasteiger partial charge in [0.15, 0.2) is 0 Å². The molecule has 0 aromatic rings. The lowest BCUT2D eigenvalue weighted by atomic mass is 10.2. The van der Waals surface area contributed by atoms with E-state index in [1.165, 1.54) is 4.90 Å². The van der Waals surface area contributed by atoms with Gasteiger partial charge in [0.05, 0.1) is 18.8 Å². The summed E-state index contributed by atoms with van der Waals surface area (Å²) in [4.78, 5) is 13.2. The summed E-state index contributed by atoms with van der Waals surface area (Å²) in [7, 11) is 3.30. The highest BCUT2D eigenvalue weighted by molar-refractivity contribution is 5.74. The monoisotopic (exact) mass is 230 g/mol. The maximum atomic E-state index is 11.7. The summed E-state index contributed by atoms with van der Waals surface area (Å²) >= 11 is 0. The Labute approximate surface area is 96.8 Å². The van der Waals surface area contributed by atoms with Gasteiger partial charge in [-0.2, -0.15) is 0 Å². The number of rotatable bonds is 6. The van der Waals surface area contributed by atoms with E-state index in [4.69, 9.17) is 4.74 Å². The van der Waals surface area contributed by atoms with Crippen molar-refractivity contribution in [1.82, 2.24) is 10.2 Å². The smallest absolute Gasteiger partial charge is 0.317 e. The van der Waals surface area contributed by atoms with Gasteiger partial charge in [0, 0.05) is 20.7 Å². The number of hydrogen-bond donors (Lipinski definition) is 2. The Morgan fingerprint density at radius 1 is 1.62 bits per heavy atom. The van der Waals surface area contributed by atoms with Crippen LogP contribution in [0, 0.1) is 5.92 Å². The van der Waals surface area contributed by atoms with Crippen LogP contribution in [0.2, 0.25) is 0 Å². The molecule has 5 nitrogen and oxygen atoms in total. The van der Waals surface area contributed by atoms with Gasteiger partial charge in [-0.05, 0) is 25.7 Å². The highest BCUT2D eigenvalue weighted by Crippen LogP contribution is 2.32. The molecule has 1 aliphatic rings. The molecule has 0 saturated heterocycles.